The number of nitrogens with zero attached hydrogens (tertiary/aromatic N) is 1. The second-order valence-electron chi connectivity index (χ2n) is 7.37. The second-order valence-corrected chi connectivity index (χ2v) is 7.37. The van der Waals surface area contributed by atoms with Crippen molar-refractivity contribution in [3.8, 4) is 5.75 Å². The number of fused-ring (bicyclic) bond motifs is 1. The highest BCUT2D eigenvalue weighted by molar-refractivity contribution is 5.91. The quantitative estimate of drug-likeness (QED) is 0.618. The minimum atomic E-state index is -1.03. The molecule has 0 bridgehead atoms. The SMILES string of the molecule is CCOC1(OCC)CCc2cc(NC(=O)CCCC(=O)N3CCOCC3)ccc2O1. The van der Waals surface area contributed by atoms with Crippen molar-refractivity contribution < 1.29 is 28.5 Å². The molecule has 0 spiro atoms. The van der Waals surface area contributed by atoms with Gasteiger partial charge in [-0.05, 0) is 50.5 Å². The number of carbonyl (C=O) groups is 2. The molecule has 0 radical (unpaired) electrons. The lowest BCUT2D eigenvalue weighted by Crippen LogP contribution is -2.45. The third-order valence-electron chi connectivity index (χ3n) is 5.20. The van der Waals surface area contributed by atoms with E-state index in [-0.39, 0.29) is 11.8 Å². The van der Waals surface area contributed by atoms with Gasteiger partial charge >= 0.3 is 5.97 Å². The Morgan fingerprint density at radius 3 is 2.57 bits per heavy atom. The van der Waals surface area contributed by atoms with Gasteiger partial charge in [-0.15, -0.1) is 0 Å². The molecule has 30 heavy (non-hydrogen) atoms. The Bertz CT molecular complexity index is 726. The van der Waals surface area contributed by atoms with E-state index in [1.165, 1.54) is 0 Å². The van der Waals surface area contributed by atoms with Crippen LogP contribution in [0.4, 0.5) is 5.69 Å². The predicted molar refractivity (Wildman–Crippen MR) is 111 cm³/mol. The largest absolute Gasteiger partial charge is 0.439 e. The zero-order valence-electron chi connectivity index (χ0n) is 17.9. The van der Waals surface area contributed by atoms with Gasteiger partial charge in [0.05, 0.1) is 26.4 Å². The summed E-state index contributed by atoms with van der Waals surface area (Å²) in [4.78, 5) is 26.2. The van der Waals surface area contributed by atoms with Gasteiger partial charge in [0.25, 0.3) is 0 Å². The van der Waals surface area contributed by atoms with Crippen molar-refractivity contribution in [1.29, 1.82) is 0 Å². The summed E-state index contributed by atoms with van der Waals surface area (Å²) in [6.07, 6.45) is 2.53. The molecule has 2 heterocycles. The Kier molecular flexibility index (Phi) is 8.07. The maximum atomic E-state index is 12.3. The first-order chi connectivity index (χ1) is 14.5. The first kappa shape index (κ1) is 22.5. The van der Waals surface area contributed by atoms with Gasteiger partial charge in [0.2, 0.25) is 11.8 Å². The van der Waals surface area contributed by atoms with E-state index >= 15 is 0 Å². The lowest BCUT2D eigenvalue weighted by atomic mass is 10.0. The molecular weight excluding hydrogens is 388 g/mol. The van der Waals surface area contributed by atoms with Crippen LogP contribution < -0.4 is 10.1 Å². The number of anilines is 1. The van der Waals surface area contributed by atoms with Gasteiger partial charge in [-0.1, -0.05) is 0 Å². The van der Waals surface area contributed by atoms with Crippen molar-refractivity contribution in [2.24, 2.45) is 0 Å². The fourth-order valence-electron chi connectivity index (χ4n) is 3.74. The third-order valence-corrected chi connectivity index (χ3v) is 5.20. The Morgan fingerprint density at radius 2 is 1.87 bits per heavy atom. The first-order valence-electron chi connectivity index (χ1n) is 10.8. The van der Waals surface area contributed by atoms with E-state index in [2.05, 4.69) is 5.32 Å². The number of ether oxygens (including phenoxy) is 4. The summed E-state index contributed by atoms with van der Waals surface area (Å²) < 4.78 is 22.7. The molecule has 0 saturated carbocycles. The highest BCUT2D eigenvalue weighted by Gasteiger charge is 2.38. The van der Waals surface area contributed by atoms with Crippen molar-refractivity contribution >= 4 is 17.5 Å². The van der Waals surface area contributed by atoms with Crippen LogP contribution in [0, 0.1) is 0 Å². The standard InChI is InChI=1S/C22H32N2O6/c1-3-28-22(29-4-2)11-10-17-16-18(8-9-19(17)30-22)23-20(25)6-5-7-21(26)24-12-14-27-15-13-24/h8-9,16H,3-7,10-15H2,1-2H3,(H,23,25). The highest BCUT2D eigenvalue weighted by Crippen LogP contribution is 2.36. The predicted octanol–water partition coefficient (Wildman–Crippen LogP) is 2.71. The number of rotatable bonds is 9. The monoisotopic (exact) mass is 420 g/mol. The maximum Gasteiger partial charge on any atom is 0.327 e. The zero-order chi connectivity index (χ0) is 21.4. The lowest BCUT2D eigenvalue weighted by Gasteiger charge is -2.37. The molecule has 8 heteroatoms. The number of aryl methyl sites for hydroxylation is 1. The summed E-state index contributed by atoms with van der Waals surface area (Å²) in [5.74, 6) is -0.338. The Balaban J connectivity index is 1.48. The first-order valence-corrected chi connectivity index (χ1v) is 10.8. The van der Waals surface area contributed by atoms with Crippen LogP contribution in [-0.4, -0.2) is 62.2 Å². The van der Waals surface area contributed by atoms with Crippen molar-refractivity contribution in [2.75, 3.05) is 44.8 Å². The molecule has 1 fully saturated rings. The molecule has 1 N–H and O–H groups in total. The van der Waals surface area contributed by atoms with Crippen LogP contribution in [0.1, 0.15) is 45.1 Å². The number of carbonyl (C=O) groups excluding carboxylic acids is 2. The fraction of sp³-hybridized carbons (Fsp3) is 0.636. The van der Waals surface area contributed by atoms with E-state index in [4.69, 9.17) is 18.9 Å². The smallest absolute Gasteiger partial charge is 0.327 e. The number of amides is 2. The van der Waals surface area contributed by atoms with E-state index in [9.17, 15) is 9.59 Å². The number of morpholine rings is 1. The van der Waals surface area contributed by atoms with Crippen molar-refractivity contribution in [1.82, 2.24) is 4.90 Å². The summed E-state index contributed by atoms with van der Waals surface area (Å²) in [5.41, 5.74) is 1.73. The van der Waals surface area contributed by atoms with E-state index in [1.807, 2.05) is 32.0 Å². The Hall–Kier alpha value is -2.16. The van der Waals surface area contributed by atoms with Crippen molar-refractivity contribution in [2.45, 2.75) is 51.9 Å². The van der Waals surface area contributed by atoms with E-state index in [0.717, 1.165) is 17.7 Å². The summed E-state index contributed by atoms with van der Waals surface area (Å²) in [6, 6.07) is 5.57. The van der Waals surface area contributed by atoms with E-state index < -0.39 is 5.97 Å². The Morgan fingerprint density at radius 1 is 1.13 bits per heavy atom. The number of nitrogens with one attached hydrogen (secondary N) is 1. The second kappa shape index (κ2) is 10.7. The molecule has 3 rings (SSSR count). The molecule has 1 aromatic carbocycles. The van der Waals surface area contributed by atoms with Crippen molar-refractivity contribution in [3.63, 3.8) is 0 Å². The van der Waals surface area contributed by atoms with E-state index in [1.54, 1.807) is 4.90 Å². The van der Waals surface area contributed by atoms with Gasteiger partial charge in [0, 0.05) is 38.0 Å². The summed E-state index contributed by atoms with van der Waals surface area (Å²) in [7, 11) is 0. The van der Waals surface area contributed by atoms with Gasteiger partial charge in [-0.3, -0.25) is 9.59 Å². The minimum Gasteiger partial charge on any atom is -0.439 e. The molecule has 166 valence electrons. The summed E-state index contributed by atoms with van der Waals surface area (Å²) in [5, 5.41) is 2.91. The molecule has 0 aromatic heterocycles. The van der Waals surface area contributed by atoms with Crippen LogP contribution in [0.2, 0.25) is 0 Å². The van der Waals surface area contributed by atoms with Gasteiger partial charge in [-0.25, -0.2) is 0 Å². The molecule has 2 aliphatic heterocycles. The molecule has 0 atom stereocenters. The average molecular weight is 421 g/mol. The van der Waals surface area contributed by atoms with Crippen LogP contribution in [0.15, 0.2) is 18.2 Å². The maximum absolute atomic E-state index is 12.3. The molecule has 2 aliphatic rings. The zero-order valence-corrected chi connectivity index (χ0v) is 17.9. The molecule has 0 aliphatic carbocycles. The number of hydrogen-bond donors (Lipinski definition) is 1. The minimum absolute atomic E-state index is 0.0871. The number of hydrogen-bond acceptors (Lipinski definition) is 6. The molecule has 1 saturated heterocycles. The van der Waals surface area contributed by atoms with Crippen molar-refractivity contribution in [3.05, 3.63) is 23.8 Å². The number of benzene rings is 1. The normalized spacial score (nSPS) is 17.7. The molecule has 1 aromatic rings. The fourth-order valence-corrected chi connectivity index (χ4v) is 3.74. The van der Waals surface area contributed by atoms with Crippen LogP contribution in [-0.2, 0) is 30.2 Å². The lowest BCUT2D eigenvalue weighted by molar-refractivity contribution is -0.347. The van der Waals surface area contributed by atoms with Crippen LogP contribution in [0.5, 0.6) is 5.75 Å². The molecule has 8 nitrogen and oxygen atoms in total. The molecule has 0 unspecified atom stereocenters. The van der Waals surface area contributed by atoms with E-state index in [0.29, 0.717) is 70.9 Å². The van der Waals surface area contributed by atoms with Gasteiger partial charge in [-0.2, -0.15) is 0 Å². The van der Waals surface area contributed by atoms with Gasteiger partial charge < -0.3 is 29.2 Å². The summed E-state index contributed by atoms with van der Waals surface area (Å²) >= 11 is 0. The van der Waals surface area contributed by atoms with Crippen LogP contribution >= 0.6 is 0 Å². The van der Waals surface area contributed by atoms with Gasteiger partial charge in [0.1, 0.15) is 5.75 Å². The summed E-state index contributed by atoms with van der Waals surface area (Å²) in [6.45, 7) is 7.26. The third kappa shape index (κ3) is 5.93. The molecular formula is C22H32N2O6. The average Bonchev–Trinajstić information content (AvgIpc) is 2.75. The van der Waals surface area contributed by atoms with Gasteiger partial charge in [0.15, 0.2) is 0 Å². The highest BCUT2D eigenvalue weighted by atomic mass is 16.9. The topological polar surface area (TPSA) is 86.3 Å². The van der Waals surface area contributed by atoms with Crippen LogP contribution in [0.3, 0.4) is 0 Å². The van der Waals surface area contributed by atoms with Crippen LogP contribution in [0.25, 0.3) is 0 Å². The Labute approximate surface area is 177 Å². The molecule has 2 amide bonds.